The Balaban J connectivity index is 3.99. The third-order valence-electron chi connectivity index (χ3n) is 1.06. The number of nitrogens with one attached hydrogen (secondary N) is 1. The van der Waals surface area contributed by atoms with E-state index < -0.39 is 12.0 Å². The topological polar surface area (TPSA) is 83.5 Å². The Hall–Kier alpha value is -1.39. The molecule has 0 fully saturated rings. The van der Waals surface area contributed by atoms with Crippen molar-refractivity contribution in [3.63, 3.8) is 0 Å². The van der Waals surface area contributed by atoms with Crippen molar-refractivity contribution in [1.29, 1.82) is 0 Å². The van der Waals surface area contributed by atoms with E-state index in [4.69, 9.17) is 5.11 Å². The van der Waals surface area contributed by atoms with Crippen LogP contribution in [0, 0.1) is 0 Å². The van der Waals surface area contributed by atoms with E-state index in [1.165, 1.54) is 6.92 Å². The first kappa shape index (κ1) is 9.61. The first-order valence-electron chi connectivity index (χ1n) is 3.00. The molecule has 11 heavy (non-hydrogen) atoms. The summed E-state index contributed by atoms with van der Waals surface area (Å²) in [4.78, 5) is 30.5. The molecule has 0 heterocycles. The summed E-state index contributed by atoms with van der Waals surface area (Å²) < 4.78 is 0. The lowest BCUT2D eigenvalue weighted by molar-refractivity contribution is -0.142. The van der Waals surface area contributed by atoms with Gasteiger partial charge >= 0.3 is 5.97 Å². The Labute approximate surface area is 63.4 Å². The Bertz CT molecular complexity index is 177. The number of aliphatic carboxylic acids is 1. The smallest absolute Gasteiger partial charge is 0.326 e. The monoisotopic (exact) mass is 159 g/mol. The molecule has 1 atom stereocenters. The van der Waals surface area contributed by atoms with Crippen LogP contribution in [0.1, 0.15) is 13.3 Å². The van der Waals surface area contributed by atoms with Crippen molar-refractivity contribution in [2.45, 2.75) is 19.4 Å². The first-order valence-corrected chi connectivity index (χ1v) is 3.00. The van der Waals surface area contributed by atoms with Gasteiger partial charge in [0.2, 0.25) is 6.41 Å². The van der Waals surface area contributed by atoms with Crippen molar-refractivity contribution >= 4 is 18.2 Å². The van der Waals surface area contributed by atoms with E-state index in [9.17, 15) is 14.4 Å². The molecule has 0 bridgehead atoms. The van der Waals surface area contributed by atoms with Crippen LogP contribution in [0.25, 0.3) is 0 Å². The van der Waals surface area contributed by atoms with Crippen LogP contribution >= 0.6 is 0 Å². The van der Waals surface area contributed by atoms with Crippen LogP contribution in [0.5, 0.6) is 0 Å². The summed E-state index contributed by atoms with van der Waals surface area (Å²) in [5.74, 6) is -1.47. The molecule has 5 nitrogen and oxygen atoms in total. The molecular formula is C6H9NO4. The molecule has 0 rings (SSSR count). The number of ketones is 1. The van der Waals surface area contributed by atoms with Crippen LogP contribution in [-0.2, 0) is 14.4 Å². The first-order chi connectivity index (χ1) is 5.07. The van der Waals surface area contributed by atoms with E-state index in [0.717, 1.165) is 0 Å². The number of amides is 1. The predicted octanol–water partition coefficient (Wildman–Crippen LogP) is -0.835. The van der Waals surface area contributed by atoms with Gasteiger partial charge in [-0.2, -0.15) is 0 Å². The molecule has 0 saturated heterocycles. The number of carboxylic acid groups (broad SMARTS) is 1. The minimum atomic E-state index is -1.20. The molecule has 0 aliphatic carbocycles. The number of carboxylic acids is 1. The van der Waals surface area contributed by atoms with Crippen molar-refractivity contribution in [3.05, 3.63) is 0 Å². The fourth-order valence-electron chi connectivity index (χ4n) is 0.587. The van der Waals surface area contributed by atoms with Crippen molar-refractivity contribution in [2.75, 3.05) is 0 Å². The fraction of sp³-hybridized carbons (Fsp3) is 0.500. The Morgan fingerprint density at radius 1 is 1.64 bits per heavy atom. The maximum absolute atomic E-state index is 10.4. The van der Waals surface area contributed by atoms with Crippen LogP contribution < -0.4 is 5.32 Å². The lowest BCUT2D eigenvalue weighted by Crippen LogP contribution is -2.37. The molecule has 0 aromatic rings. The van der Waals surface area contributed by atoms with Crippen LogP contribution in [-0.4, -0.2) is 29.3 Å². The Kier molecular flexibility index (Phi) is 3.87. The molecule has 0 aromatic heterocycles. The van der Waals surface area contributed by atoms with E-state index in [1.54, 1.807) is 0 Å². The lowest BCUT2D eigenvalue weighted by Gasteiger charge is -2.07. The predicted molar refractivity (Wildman–Crippen MR) is 35.9 cm³/mol. The highest BCUT2D eigenvalue weighted by Gasteiger charge is 2.17. The summed E-state index contributed by atoms with van der Waals surface area (Å²) in [6.07, 6.45) is 0.0931. The molecule has 5 heteroatoms. The van der Waals surface area contributed by atoms with Gasteiger partial charge < -0.3 is 10.4 Å². The summed E-state index contributed by atoms with van der Waals surface area (Å²) in [5, 5.41) is 10.4. The van der Waals surface area contributed by atoms with Gasteiger partial charge in [0.15, 0.2) is 0 Å². The minimum absolute atomic E-state index is 0.173. The van der Waals surface area contributed by atoms with Gasteiger partial charge in [-0.3, -0.25) is 9.59 Å². The number of hydrogen-bond acceptors (Lipinski definition) is 3. The maximum atomic E-state index is 10.4. The zero-order chi connectivity index (χ0) is 8.85. The standard InChI is InChI=1S/C6H9NO4/c1-4(9)2-5(6(10)11)7-3-8/h3,5H,2H2,1H3,(H,7,8)(H,10,11). The van der Waals surface area contributed by atoms with Crippen LogP contribution in [0.4, 0.5) is 0 Å². The summed E-state index contributed by atoms with van der Waals surface area (Å²) >= 11 is 0. The quantitative estimate of drug-likeness (QED) is 0.512. The Morgan fingerprint density at radius 2 is 2.18 bits per heavy atom. The molecular weight excluding hydrogens is 150 g/mol. The normalized spacial score (nSPS) is 11.7. The highest BCUT2D eigenvalue weighted by Crippen LogP contribution is 1.91. The van der Waals surface area contributed by atoms with Gasteiger partial charge in [-0.05, 0) is 6.92 Å². The highest BCUT2D eigenvalue weighted by molar-refractivity contribution is 5.85. The number of Topliss-reactive ketones (excluding diaryl/α,β-unsaturated/α-hetero) is 1. The second-order valence-electron chi connectivity index (χ2n) is 2.08. The molecule has 0 spiro atoms. The fourth-order valence-corrected chi connectivity index (χ4v) is 0.587. The second-order valence-corrected chi connectivity index (χ2v) is 2.08. The summed E-state index contributed by atoms with van der Waals surface area (Å²) in [7, 11) is 0. The zero-order valence-electron chi connectivity index (χ0n) is 6.03. The van der Waals surface area contributed by atoms with Crippen LogP contribution in [0.3, 0.4) is 0 Å². The van der Waals surface area contributed by atoms with E-state index in [2.05, 4.69) is 0 Å². The molecule has 1 amide bonds. The third kappa shape index (κ3) is 4.07. The molecule has 1 unspecified atom stereocenters. The minimum Gasteiger partial charge on any atom is -0.480 e. The molecule has 0 saturated carbocycles. The maximum Gasteiger partial charge on any atom is 0.326 e. The average Bonchev–Trinajstić information content (AvgIpc) is 1.86. The molecule has 0 aromatic carbocycles. The van der Waals surface area contributed by atoms with Gasteiger partial charge in [-0.25, -0.2) is 4.79 Å². The second kappa shape index (κ2) is 4.43. The largest absolute Gasteiger partial charge is 0.480 e. The van der Waals surface area contributed by atoms with Crippen molar-refractivity contribution in [2.24, 2.45) is 0 Å². The Morgan fingerprint density at radius 3 is 2.45 bits per heavy atom. The van der Waals surface area contributed by atoms with E-state index in [-0.39, 0.29) is 18.6 Å². The van der Waals surface area contributed by atoms with E-state index in [1.807, 2.05) is 5.32 Å². The van der Waals surface area contributed by atoms with Gasteiger partial charge in [0.05, 0.1) is 0 Å². The van der Waals surface area contributed by atoms with Gasteiger partial charge in [-0.15, -0.1) is 0 Å². The summed E-state index contributed by atoms with van der Waals surface area (Å²) in [6.45, 7) is 1.27. The highest BCUT2D eigenvalue weighted by atomic mass is 16.4. The number of hydrogen-bond donors (Lipinski definition) is 2. The molecule has 0 aliphatic heterocycles. The van der Waals surface area contributed by atoms with E-state index >= 15 is 0 Å². The number of rotatable bonds is 5. The van der Waals surface area contributed by atoms with E-state index in [0.29, 0.717) is 0 Å². The van der Waals surface area contributed by atoms with Gasteiger partial charge in [-0.1, -0.05) is 0 Å². The lowest BCUT2D eigenvalue weighted by atomic mass is 10.1. The van der Waals surface area contributed by atoms with Crippen LogP contribution in [0.15, 0.2) is 0 Å². The SMILES string of the molecule is CC(=O)CC(NC=O)C(=O)O. The summed E-state index contributed by atoms with van der Waals surface area (Å²) in [5.41, 5.74) is 0. The van der Waals surface area contributed by atoms with Gasteiger partial charge in [0.25, 0.3) is 0 Å². The molecule has 0 radical (unpaired) electrons. The molecule has 62 valence electrons. The third-order valence-corrected chi connectivity index (χ3v) is 1.06. The van der Waals surface area contributed by atoms with Crippen molar-refractivity contribution in [3.8, 4) is 0 Å². The van der Waals surface area contributed by atoms with Crippen molar-refractivity contribution < 1.29 is 19.5 Å². The summed E-state index contributed by atoms with van der Waals surface area (Å²) in [6, 6.07) is -1.09. The van der Waals surface area contributed by atoms with Gasteiger partial charge in [0.1, 0.15) is 11.8 Å². The molecule has 2 N–H and O–H groups in total. The van der Waals surface area contributed by atoms with Crippen LogP contribution in [0.2, 0.25) is 0 Å². The van der Waals surface area contributed by atoms with Crippen molar-refractivity contribution in [1.82, 2.24) is 5.32 Å². The van der Waals surface area contributed by atoms with Gasteiger partial charge in [0, 0.05) is 6.42 Å². The average molecular weight is 159 g/mol. The molecule has 0 aliphatic rings. The number of carbonyl (C=O) groups excluding carboxylic acids is 2. The number of carbonyl (C=O) groups is 3. The zero-order valence-corrected chi connectivity index (χ0v) is 6.03.